The molecule has 2 aromatic rings. The number of allylic oxidation sites excluding steroid dienone is 1. The molecule has 0 radical (unpaired) electrons. The van der Waals surface area contributed by atoms with Crippen LogP contribution in [0.5, 0.6) is 0 Å². The summed E-state index contributed by atoms with van der Waals surface area (Å²) in [5, 5.41) is 9.26. The van der Waals surface area contributed by atoms with Gasteiger partial charge in [-0.15, -0.1) is 0 Å². The first-order valence-electron chi connectivity index (χ1n) is 6.86. The summed E-state index contributed by atoms with van der Waals surface area (Å²) >= 11 is 3.17. The number of nitrogens with zero attached hydrogens (tertiary/aromatic N) is 3. The SMILES string of the molecule is Cn1c(N)c(C(=O)/C(C#N)=C/c2cc(Br)ccc2F)c(=O)n(C)c1=O. The highest BCUT2D eigenvalue weighted by Crippen LogP contribution is 2.20. The minimum atomic E-state index is -0.990. The standard InChI is InChI=1S/C16H12BrFN4O3/c1-21-14(20)12(15(24)22(2)16(21)25)13(23)9(7-19)5-8-6-10(17)3-4-11(8)18/h3-6H,20H2,1-2H3/b9-5+. The van der Waals surface area contributed by atoms with Crippen LogP contribution in [0.3, 0.4) is 0 Å². The van der Waals surface area contributed by atoms with Crippen molar-refractivity contribution in [3.8, 4) is 6.07 Å². The van der Waals surface area contributed by atoms with Crippen LogP contribution in [0.2, 0.25) is 0 Å². The number of hydrogen-bond acceptors (Lipinski definition) is 5. The molecule has 1 heterocycles. The third-order valence-corrected chi connectivity index (χ3v) is 4.05. The minimum absolute atomic E-state index is 0.0144. The van der Waals surface area contributed by atoms with E-state index < -0.39 is 34.0 Å². The van der Waals surface area contributed by atoms with Crippen molar-refractivity contribution in [2.45, 2.75) is 0 Å². The third kappa shape index (κ3) is 3.29. The average molecular weight is 407 g/mol. The Labute approximate surface area is 149 Å². The molecule has 1 aromatic carbocycles. The largest absolute Gasteiger partial charge is 0.384 e. The number of aromatic nitrogens is 2. The quantitative estimate of drug-likeness (QED) is 0.469. The predicted octanol–water partition coefficient (Wildman–Crippen LogP) is 1.36. The van der Waals surface area contributed by atoms with Gasteiger partial charge in [0.15, 0.2) is 0 Å². The van der Waals surface area contributed by atoms with E-state index in [1.165, 1.54) is 26.2 Å². The van der Waals surface area contributed by atoms with Crippen LogP contribution in [0.25, 0.3) is 6.08 Å². The molecule has 0 saturated heterocycles. The van der Waals surface area contributed by atoms with Gasteiger partial charge in [-0.05, 0) is 24.3 Å². The minimum Gasteiger partial charge on any atom is -0.384 e. The topological polar surface area (TPSA) is 111 Å². The van der Waals surface area contributed by atoms with E-state index in [4.69, 9.17) is 5.73 Å². The number of nitrogen functional groups attached to an aromatic ring is 1. The number of carbonyl (C=O) groups excluding carboxylic acids is 1. The van der Waals surface area contributed by atoms with E-state index >= 15 is 0 Å². The van der Waals surface area contributed by atoms with Crippen molar-refractivity contribution in [3.63, 3.8) is 0 Å². The molecule has 0 aliphatic heterocycles. The first-order valence-corrected chi connectivity index (χ1v) is 7.65. The molecule has 0 aliphatic rings. The molecule has 2 N–H and O–H groups in total. The fourth-order valence-corrected chi connectivity index (χ4v) is 2.52. The van der Waals surface area contributed by atoms with E-state index in [9.17, 15) is 24.0 Å². The Morgan fingerprint density at radius 3 is 2.56 bits per heavy atom. The lowest BCUT2D eigenvalue weighted by Crippen LogP contribution is -2.41. The lowest BCUT2D eigenvalue weighted by molar-refractivity contribution is 0.103. The van der Waals surface area contributed by atoms with Crippen molar-refractivity contribution in [1.82, 2.24) is 9.13 Å². The second-order valence-electron chi connectivity index (χ2n) is 5.13. The lowest BCUT2D eigenvalue weighted by Gasteiger charge is -2.10. The van der Waals surface area contributed by atoms with Gasteiger partial charge in [0.25, 0.3) is 5.56 Å². The zero-order valence-electron chi connectivity index (χ0n) is 13.2. The van der Waals surface area contributed by atoms with Crippen LogP contribution < -0.4 is 17.0 Å². The molecule has 0 aliphatic carbocycles. The zero-order chi connectivity index (χ0) is 18.9. The van der Waals surface area contributed by atoms with Crippen molar-refractivity contribution >= 4 is 33.6 Å². The van der Waals surface area contributed by atoms with E-state index in [2.05, 4.69) is 15.9 Å². The normalized spacial score (nSPS) is 11.2. The summed E-state index contributed by atoms with van der Waals surface area (Å²) in [4.78, 5) is 36.6. The molecule has 0 atom stereocenters. The Balaban J connectivity index is 2.70. The smallest absolute Gasteiger partial charge is 0.332 e. The van der Waals surface area contributed by atoms with Gasteiger partial charge in [-0.3, -0.25) is 18.7 Å². The molecule has 0 fully saturated rings. The average Bonchev–Trinajstić information content (AvgIpc) is 2.58. The molecular weight excluding hydrogens is 395 g/mol. The number of rotatable bonds is 3. The maximum absolute atomic E-state index is 13.8. The fraction of sp³-hybridized carbons (Fsp3) is 0.125. The van der Waals surface area contributed by atoms with Crippen LogP contribution in [0.4, 0.5) is 10.2 Å². The molecule has 0 spiro atoms. The maximum Gasteiger partial charge on any atom is 0.332 e. The van der Waals surface area contributed by atoms with Crippen LogP contribution in [0, 0.1) is 17.1 Å². The van der Waals surface area contributed by atoms with E-state index in [-0.39, 0.29) is 11.4 Å². The highest BCUT2D eigenvalue weighted by molar-refractivity contribution is 9.10. The van der Waals surface area contributed by atoms with Gasteiger partial charge in [-0.2, -0.15) is 5.26 Å². The Morgan fingerprint density at radius 1 is 1.32 bits per heavy atom. The van der Waals surface area contributed by atoms with Crippen molar-refractivity contribution < 1.29 is 9.18 Å². The Kier molecular flexibility index (Phi) is 5.04. The predicted molar refractivity (Wildman–Crippen MR) is 93.4 cm³/mol. The number of anilines is 1. The van der Waals surface area contributed by atoms with Gasteiger partial charge >= 0.3 is 5.69 Å². The summed E-state index contributed by atoms with van der Waals surface area (Å²) in [6.07, 6.45) is 1.02. The van der Waals surface area contributed by atoms with Crippen LogP contribution in [-0.2, 0) is 14.1 Å². The fourth-order valence-electron chi connectivity index (χ4n) is 2.14. The number of nitrogens with two attached hydrogens (primary N) is 1. The Hall–Kier alpha value is -2.99. The molecule has 0 amide bonds. The molecule has 128 valence electrons. The molecule has 0 bridgehead atoms. The number of Topliss-reactive ketones (excluding diaryl/α,β-unsaturated/α-hetero) is 1. The van der Waals surface area contributed by atoms with Crippen molar-refractivity contribution in [1.29, 1.82) is 5.26 Å². The summed E-state index contributed by atoms with van der Waals surface area (Å²) in [6, 6.07) is 5.64. The van der Waals surface area contributed by atoms with Crippen molar-refractivity contribution in [3.05, 3.63) is 66.0 Å². The van der Waals surface area contributed by atoms with E-state index in [0.717, 1.165) is 16.7 Å². The lowest BCUT2D eigenvalue weighted by atomic mass is 10.0. The van der Waals surface area contributed by atoms with Crippen LogP contribution in [0.15, 0.2) is 37.8 Å². The highest BCUT2D eigenvalue weighted by Gasteiger charge is 2.23. The summed E-state index contributed by atoms with van der Waals surface area (Å²) in [5.74, 6) is -2.00. The van der Waals surface area contributed by atoms with E-state index in [0.29, 0.717) is 9.04 Å². The molecule has 0 unspecified atom stereocenters. The van der Waals surface area contributed by atoms with Gasteiger partial charge < -0.3 is 5.73 Å². The number of halogens is 2. The molecule has 0 saturated carbocycles. The van der Waals surface area contributed by atoms with Crippen molar-refractivity contribution in [2.75, 3.05) is 5.73 Å². The van der Waals surface area contributed by atoms with E-state index in [1.807, 2.05) is 0 Å². The van der Waals surface area contributed by atoms with E-state index in [1.54, 1.807) is 6.07 Å². The van der Waals surface area contributed by atoms with Crippen molar-refractivity contribution in [2.24, 2.45) is 14.1 Å². The molecule has 9 heteroatoms. The van der Waals surface area contributed by atoms with Crippen LogP contribution in [0.1, 0.15) is 15.9 Å². The number of carbonyl (C=O) groups is 1. The van der Waals surface area contributed by atoms with Gasteiger partial charge in [-0.25, -0.2) is 9.18 Å². The summed E-state index contributed by atoms with van der Waals surface area (Å²) < 4.78 is 16.0. The first-order chi connectivity index (χ1) is 11.7. The number of hydrogen-bond donors (Lipinski definition) is 1. The third-order valence-electron chi connectivity index (χ3n) is 3.56. The number of nitriles is 1. The molecular formula is C16H12BrFN4O3. The Morgan fingerprint density at radius 2 is 1.96 bits per heavy atom. The highest BCUT2D eigenvalue weighted by atomic mass is 79.9. The van der Waals surface area contributed by atoms with Gasteiger partial charge in [0.2, 0.25) is 5.78 Å². The van der Waals surface area contributed by atoms with Gasteiger partial charge in [-0.1, -0.05) is 15.9 Å². The van der Waals surface area contributed by atoms with Gasteiger partial charge in [0, 0.05) is 24.1 Å². The first kappa shape index (κ1) is 18.4. The number of benzene rings is 1. The van der Waals surface area contributed by atoms with Crippen LogP contribution in [-0.4, -0.2) is 14.9 Å². The summed E-state index contributed by atoms with van der Waals surface area (Å²) in [5.41, 5.74) is 3.05. The summed E-state index contributed by atoms with van der Waals surface area (Å²) in [6.45, 7) is 0. The number of ketones is 1. The summed E-state index contributed by atoms with van der Waals surface area (Å²) in [7, 11) is 2.47. The maximum atomic E-state index is 13.8. The van der Waals surface area contributed by atoms with Crippen LogP contribution >= 0.6 is 15.9 Å². The Bertz CT molecular complexity index is 1080. The zero-order valence-corrected chi connectivity index (χ0v) is 14.8. The molecule has 1 aromatic heterocycles. The monoisotopic (exact) mass is 406 g/mol. The second-order valence-corrected chi connectivity index (χ2v) is 6.05. The van der Waals surface area contributed by atoms with Gasteiger partial charge in [0.05, 0.1) is 0 Å². The second kappa shape index (κ2) is 6.86. The van der Waals surface area contributed by atoms with Gasteiger partial charge in [0.1, 0.15) is 28.8 Å². The molecule has 25 heavy (non-hydrogen) atoms. The molecule has 2 rings (SSSR count). The molecule has 7 nitrogen and oxygen atoms in total.